The Balaban J connectivity index is 2.33. The van der Waals surface area contributed by atoms with E-state index < -0.39 is 0 Å². The Morgan fingerprint density at radius 2 is 2.07 bits per heavy atom. The Kier molecular flexibility index (Phi) is 5.08. The quantitative estimate of drug-likeness (QED) is 0.510. The average molecular weight is 208 g/mol. The molecule has 3 nitrogen and oxygen atoms in total. The van der Waals surface area contributed by atoms with Gasteiger partial charge in [-0.25, -0.2) is 0 Å². The molecule has 0 unspecified atom stereocenters. The number of unbranched alkanes of at least 4 members (excludes halogenated alkanes) is 4. The largest absolute Gasteiger partial charge is 0.296 e. The van der Waals surface area contributed by atoms with Gasteiger partial charge in [0, 0.05) is 6.54 Å². The molecule has 0 radical (unpaired) electrons. The normalized spacial score (nSPS) is 10.5. The minimum atomic E-state index is 0.697. The lowest BCUT2D eigenvalue weighted by atomic mass is 10.1. The summed E-state index contributed by atoms with van der Waals surface area (Å²) in [5, 5.41) is 4.28. The van der Waals surface area contributed by atoms with Crippen LogP contribution in [0.15, 0.2) is 6.07 Å². The number of carbonyl (C=O) groups is 1. The molecular formula is C12H20N2O. The minimum Gasteiger partial charge on any atom is -0.296 e. The van der Waals surface area contributed by atoms with Gasteiger partial charge >= 0.3 is 0 Å². The monoisotopic (exact) mass is 208 g/mol. The fraction of sp³-hybridized carbons (Fsp3) is 0.667. The first-order valence-electron chi connectivity index (χ1n) is 5.77. The summed E-state index contributed by atoms with van der Waals surface area (Å²) in [4.78, 5) is 10.7. The predicted molar refractivity (Wildman–Crippen MR) is 61.1 cm³/mol. The number of aromatic nitrogens is 2. The molecule has 1 aromatic heterocycles. The second-order valence-electron chi connectivity index (χ2n) is 3.97. The number of aryl methyl sites for hydroxylation is 2. The second kappa shape index (κ2) is 6.38. The highest BCUT2D eigenvalue weighted by molar-refractivity contribution is 5.72. The molecule has 0 atom stereocenters. The number of aldehydes is 1. The average Bonchev–Trinajstić information content (AvgIpc) is 2.59. The first-order chi connectivity index (χ1) is 7.27. The van der Waals surface area contributed by atoms with Crippen LogP contribution in [0, 0.1) is 6.92 Å². The van der Waals surface area contributed by atoms with Crippen LogP contribution < -0.4 is 0 Å². The summed E-state index contributed by atoms with van der Waals surface area (Å²) < 4.78 is 1.81. The van der Waals surface area contributed by atoms with Gasteiger partial charge in [0.2, 0.25) is 0 Å². The second-order valence-corrected chi connectivity index (χ2v) is 3.97. The number of hydrogen-bond donors (Lipinski definition) is 0. The van der Waals surface area contributed by atoms with Crippen molar-refractivity contribution in [3.8, 4) is 0 Å². The van der Waals surface area contributed by atoms with Crippen LogP contribution in [-0.4, -0.2) is 16.1 Å². The van der Waals surface area contributed by atoms with E-state index in [4.69, 9.17) is 0 Å². The lowest BCUT2D eigenvalue weighted by molar-refractivity contribution is 0.111. The third-order valence-electron chi connectivity index (χ3n) is 2.53. The molecule has 0 bridgehead atoms. The highest BCUT2D eigenvalue weighted by atomic mass is 16.1. The Bertz CT molecular complexity index is 305. The van der Waals surface area contributed by atoms with Crippen LogP contribution in [0.4, 0.5) is 0 Å². The first-order valence-corrected chi connectivity index (χ1v) is 5.77. The molecule has 1 rings (SSSR count). The van der Waals surface area contributed by atoms with Crippen LogP contribution in [0.25, 0.3) is 0 Å². The zero-order chi connectivity index (χ0) is 11.1. The highest BCUT2D eigenvalue weighted by Gasteiger charge is 2.03. The number of nitrogens with zero attached hydrogens (tertiary/aromatic N) is 2. The standard InChI is InChI=1S/C12H20N2O/c1-3-4-5-6-7-8-14-12(10-15)9-11(2)13-14/h9-10H,3-8H2,1-2H3. The fourth-order valence-corrected chi connectivity index (χ4v) is 1.70. The molecule has 0 spiro atoms. The minimum absolute atomic E-state index is 0.697. The molecule has 0 amide bonds. The third kappa shape index (κ3) is 3.86. The first kappa shape index (κ1) is 12.0. The van der Waals surface area contributed by atoms with Crippen LogP contribution in [0.1, 0.15) is 55.2 Å². The van der Waals surface area contributed by atoms with Gasteiger partial charge in [-0.05, 0) is 19.4 Å². The maximum absolute atomic E-state index is 10.7. The number of rotatable bonds is 7. The molecule has 0 aliphatic heterocycles. The van der Waals surface area contributed by atoms with Gasteiger partial charge in [-0.1, -0.05) is 32.6 Å². The van der Waals surface area contributed by atoms with Gasteiger partial charge in [-0.3, -0.25) is 9.48 Å². The maximum Gasteiger partial charge on any atom is 0.168 e. The molecule has 1 aromatic rings. The summed E-state index contributed by atoms with van der Waals surface area (Å²) in [6.45, 7) is 4.99. The van der Waals surface area contributed by atoms with Gasteiger partial charge in [-0.15, -0.1) is 0 Å². The Morgan fingerprint density at radius 3 is 2.73 bits per heavy atom. The Morgan fingerprint density at radius 1 is 1.33 bits per heavy atom. The molecule has 0 aliphatic carbocycles. The molecule has 0 saturated heterocycles. The van der Waals surface area contributed by atoms with E-state index in [0.717, 1.165) is 24.9 Å². The molecule has 3 heteroatoms. The van der Waals surface area contributed by atoms with E-state index in [0.29, 0.717) is 5.69 Å². The molecule has 0 N–H and O–H groups in total. The lowest BCUT2D eigenvalue weighted by Crippen LogP contribution is -2.04. The van der Waals surface area contributed by atoms with Crippen molar-refractivity contribution in [2.24, 2.45) is 0 Å². The van der Waals surface area contributed by atoms with Gasteiger partial charge in [0.05, 0.1) is 5.69 Å². The highest BCUT2D eigenvalue weighted by Crippen LogP contribution is 2.06. The fourth-order valence-electron chi connectivity index (χ4n) is 1.70. The molecule has 0 saturated carbocycles. The van der Waals surface area contributed by atoms with Crippen molar-refractivity contribution in [3.63, 3.8) is 0 Å². The van der Waals surface area contributed by atoms with E-state index in [1.165, 1.54) is 25.7 Å². The van der Waals surface area contributed by atoms with Crippen molar-refractivity contribution in [1.82, 2.24) is 9.78 Å². The molecular weight excluding hydrogens is 188 g/mol. The lowest BCUT2D eigenvalue weighted by Gasteiger charge is -2.03. The SMILES string of the molecule is CCCCCCCn1nc(C)cc1C=O. The number of carbonyl (C=O) groups excluding carboxylic acids is 1. The van der Waals surface area contributed by atoms with E-state index in [1.54, 1.807) is 0 Å². The summed E-state index contributed by atoms with van der Waals surface area (Å²) in [5.74, 6) is 0. The smallest absolute Gasteiger partial charge is 0.168 e. The van der Waals surface area contributed by atoms with Gasteiger partial charge in [-0.2, -0.15) is 5.10 Å². The topological polar surface area (TPSA) is 34.9 Å². The van der Waals surface area contributed by atoms with E-state index >= 15 is 0 Å². The van der Waals surface area contributed by atoms with Crippen molar-refractivity contribution >= 4 is 6.29 Å². The molecule has 84 valence electrons. The van der Waals surface area contributed by atoms with Gasteiger partial charge in [0.1, 0.15) is 5.69 Å². The van der Waals surface area contributed by atoms with Crippen molar-refractivity contribution in [1.29, 1.82) is 0 Å². The van der Waals surface area contributed by atoms with E-state index in [2.05, 4.69) is 12.0 Å². The molecule has 0 aromatic carbocycles. The molecule has 15 heavy (non-hydrogen) atoms. The van der Waals surface area contributed by atoms with Crippen molar-refractivity contribution < 1.29 is 4.79 Å². The van der Waals surface area contributed by atoms with Crippen molar-refractivity contribution in [2.75, 3.05) is 0 Å². The van der Waals surface area contributed by atoms with Crippen molar-refractivity contribution in [2.45, 2.75) is 52.5 Å². The van der Waals surface area contributed by atoms with E-state index in [9.17, 15) is 4.79 Å². The Hall–Kier alpha value is -1.12. The molecule has 1 heterocycles. The molecule has 0 fully saturated rings. The number of hydrogen-bond acceptors (Lipinski definition) is 2. The van der Waals surface area contributed by atoms with Crippen LogP contribution in [0.5, 0.6) is 0 Å². The van der Waals surface area contributed by atoms with E-state index in [1.807, 2.05) is 17.7 Å². The van der Waals surface area contributed by atoms with Gasteiger partial charge in [0.15, 0.2) is 6.29 Å². The zero-order valence-electron chi connectivity index (χ0n) is 9.70. The van der Waals surface area contributed by atoms with Crippen LogP contribution in [0.2, 0.25) is 0 Å². The van der Waals surface area contributed by atoms with E-state index in [-0.39, 0.29) is 0 Å². The van der Waals surface area contributed by atoms with Crippen molar-refractivity contribution in [3.05, 3.63) is 17.5 Å². The summed E-state index contributed by atoms with van der Waals surface area (Å²) in [6.07, 6.45) is 7.07. The predicted octanol–water partition coefficient (Wildman–Crippen LogP) is 2.97. The van der Waals surface area contributed by atoms with Gasteiger partial charge in [0.25, 0.3) is 0 Å². The van der Waals surface area contributed by atoms with Crippen LogP contribution in [-0.2, 0) is 6.54 Å². The summed E-state index contributed by atoms with van der Waals surface area (Å²) in [6, 6.07) is 1.83. The van der Waals surface area contributed by atoms with Crippen LogP contribution >= 0.6 is 0 Å². The molecule has 0 aliphatic rings. The maximum atomic E-state index is 10.7. The summed E-state index contributed by atoms with van der Waals surface area (Å²) in [7, 11) is 0. The van der Waals surface area contributed by atoms with Gasteiger partial charge < -0.3 is 0 Å². The zero-order valence-corrected chi connectivity index (χ0v) is 9.70. The Labute approximate surface area is 91.5 Å². The third-order valence-corrected chi connectivity index (χ3v) is 2.53. The summed E-state index contributed by atoms with van der Waals surface area (Å²) in [5.41, 5.74) is 1.62. The summed E-state index contributed by atoms with van der Waals surface area (Å²) >= 11 is 0. The van der Waals surface area contributed by atoms with Crippen LogP contribution in [0.3, 0.4) is 0 Å².